The summed E-state index contributed by atoms with van der Waals surface area (Å²) in [5.41, 5.74) is 1.21. The van der Waals surface area contributed by atoms with Crippen LogP contribution in [0, 0.1) is 5.92 Å². The van der Waals surface area contributed by atoms with E-state index < -0.39 is 16.0 Å². The summed E-state index contributed by atoms with van der Waals surface area (Å²) in [6.45, 7) is 0. The maximum absolute atomic E-state index is 12.8. The summed E-state index contributed by atoms with van der Waals surface area (Å²) >= 11 is 0. The number of ether oxygens (including phenoxy) is 2. The van der Waals surface area contributed by atoms with Crippen LogP contribution in [0.1, 0.15) is 34.8 Å². The van der Waals surface area contributed by atoms with Gasteiger partial charge in [0.1, 0.15) is 5.75 Å². The van der Waals surface area contributed by atoms with Crippen molar-refractivity contribution in [2.24, 2.45) is 5.92 Å². The SMILES string of the molecule is COC(=O)c1ccc(S(=O)(=O)NC(c2ccc(OC)cc2)C2CC2)cc1. The van der Waals surface area contributed by atoms with Crippen LogP contribution >= 0.6 is 0 Å². The summed E-state index contributed by atoms with van der Waals surface area (Å²) in [5, 5.41) is 0. The van der Waals surface area contributed by atoms with Crippen molar-refractivity contribution in [3.05, 3.63) is 59.7 Å². The van der Waals surface area contributed by atoms with Gasteiger partial charge in [-0.25, -0.2) is 17.9 Å². The summed E-state index contributed by atoms with van der Waals surface area (Å²) < 4.78 is 38.1. The molecule has 0 aliphatic heterocycles. The third kappa shape index (κ3) is 4.05. The van der Waals surface area contributed by atoms with Crippen LogP contribution in [0.5, 0.6) is 5.75 Å². The normalized spacial score (nSPS) is 15.3. The van der Waals surface area contributed by atoms with Crippen LogP contribution in [-0.4, -0.2) is 28.6 Å². The third-order valence-corrected chi connectivity index (χ3v) is 5.89. The predicted octanol–water partition coefficient (Wildman–Crippen LogP) is 2.91. The first-order valence-electron chi connectivity index (χ1n) is 8.29. The van der Waals surface area contributed by atoms with Crippen molar-refractivity contribution in [2.75, 3.05) is 14.2 Å². The maximum Gasteiger partial charge on any atom is 0.337 e. The molecule has 1 aliphatic carbocycles. The van der Waals surface area contributed by atoms with Gasteiger partial charge in [0.25, 0.3) is 0 Å². The molecular weight excluding hydrogens is 354 g/mol. The number of methoxy groups -OCH3 is 2. The summed E-state index contributed by atoms with van der Waals surface area (Å²) in [6.07, 6.45) is 1.97. The second-order valence-electron chi connectivity index (χ2n) is 6.23. The van der Waals surface area contributed by atoms with Crippen LogP contribution in [0.4, 0.5) is 0 Å². The number of nitrogens with one attached hydrogen (secondary N) is 1. The molecule has 1 saturated carbocycles. The van der Waals surface area contributed by atoms with Gasteiger partial charge in [-0.15, -0.1) is 0 Å². The zero-order valence-corrected chi connectivity index (χ0v) is 15.5. The Balaban J connectivity index is 1.82. The monoisotopic (exact) mass is 375 g/mol. The van der Waals surface area contributed by atoms with E-state index in [2.05, 4.69) is 9.46 Å². The zero-order chi connectivity index (χ0) is 18.7. The lowest BCUT2D eigenvalue weighted by Crippen LogP contribution is -2.30. The van der Waals surface area contributed by atoms with Crippen LogP contribution in [0.2, 0.25) is 0 Å². The van der Waals surface area contributed by atoms with Gasteiger partial charge >= 0.3 is 5.97 Å². The third-order valence-electron chi connectivity index (χ3n) is 4.44. The molecule has 3 rings (SSSR count). The van der Waals surface area contributed by atoms with Crippen molar-refractivity contribution in [1.82, 2.24) is 4.72 Å². The van der Waals surface area contributed by atoms with E-state index in [1.165, 1.54) is 31.4 Å². The lowest BCUT2D eigenvalue weighted by atomic mass is 10.0. The molecule has 0 amide bonds. The van der Waals surface area contributed by atoms with Gasteiger partial charge in [0.05, 0.1) is 24.7 Å². The van der Waals surface area contributed by atoms with Crippen molar-refractivity contribution in [1.29, 1.82) is 0 Å². The van der Waals surface area contributed by atoms with Gasteiger partial charge in [0.15, 0.2) is 0 Å². The smallest absolute Gasteiger partial charge is 0.337 e. The summed E-state index contributed by atoms with van der Waals surface area (Å²) in [4.78, 5) is 11.6. The predicted molar refractivity (Wildman–Crippen MR) is 96.6 cm³/mol. The highest BCUT2D eigenvalue weighted by Crippen LogP contribution is 2.42. The fourth-order valence-corrected chi connectivity index (χ4v) is 4.09. The van der Waals surface area contributed by atoms with Gasteiger partial charge in [-0.2, -0.15) is 0 Å². The molecule has 2 aromatic carbocycles. The van der Waals surface area contributed by atoms with E-state index in [9.17, 15) is 13.2 Å². The van der Waals surface area contributed by atoms with Crippen LogP contribution in [0.25, 0.3) is 0 Å². The minimum absolute atomic E-state index is 0.115. The van der Waals surface area contributed by atoms with Gasteiger partial charge in [0.2, 0.25) is 10.0 Å². The Morgan fingerprint density at radius 2 is 1.65 bits per heavy atom. The number of hydrogen-bond acceptors (Lipinski definition) is 5. The maximum atomic E-state index is 12.8. The second kappa shape index (κ2) is 7.47. The number of esters is 1. The zero-order valence-electron chi connectivity index (χ0n) is 14.6. The van der Waals surface area contributed by atoms with E-state index in [-0.39, 0.29) is 16.9 Å². The molecule has 0 aromatic heterocycles. The quantitative estimate of drug-likeness (QED) is 0.753. The summed E-state index contributed by atoms with van der Waals surface area (Å²) in [5.74, 6) is 0.507. The molecule has 0 bridgehead atoms. The topological polar surface area (TPSA) is 81.7 Å². The Kier molecular flexibility index (Phi) is 5.29. The molecule has 1 N–H and O–H groups in total. The molecule has 1 fully saturated rings. The highest BCUT2D eigenvalue weighted by molar-refractivity contribution is 7.89. The molecule has 0 saturated heterocycles. The van der Waals surface area contributed by atoms with Crippen molar-refractivity contribution in [3.63, 3.8) is 0 Å². The molecule has 1 aliphatic rings. The van der Waals surface area contributed by atoms with Gasteiger partial charge < -0.3 is 9.47 Å². The Labute approximate surface area is 153 Å². The molecule has 0 spiro atoms. The molecule has 138 valence electrons. The molecular formula is C19H21NO5S. The molecule has 1 atom stereocenters. The largest absolute Gasteiger partial charge is 0.497 e. The first kappa shape index (κ1) is 18.4. The summed E-state index contributed by atoms with van der Waals surface area (Å²) in [6, 6.07) is 12.8. The molecule has 26 heavy (non-hydrogen) atoms. The van der Waals surface area contributed by atoms with Gasteiger partial charge in [-0.05, 0) is 60.7 Å². The van der Waals surface area contributed by atoms with Crippen molar-refractivity contribution in [3.8, 4) is 5.75 Å². The second-order valence-corrected chi connectivity index (χ2v) is 7.94. The molecule has 0 radical (unpaired) electrons. The first-order valence-corrected chi connectivity index (χ1v) is 9.77. The van der Waals surface area contributed by atoms with Crippen molar-refractivity contribution < 1.29 is 22.7 Å². The molecule has 1 unspecified atom stereocenters. The highest BCUT2D eigenvalue weighted by Gasteiger charge is 2.35. The number of hydrogen-bond donors (Lipinski definition) is 1. The van der Waals surface area contributed by atoms with Crippen LogP contribution in [0.3, 0.4) is 0 Å². The fourth-order valence-electron chi connectivity index (χ4n) is 2.80. The average Bonchev–Trinajstić information content (AvgIpc) is 3.51. The van der Waals surface area contributed by atoms with Crippen LogP contribution < -0.4 is 9.46 Å². The van der Waals surface area contributed by atoms with Crippen LogP contribution in [-0.2, 0) is 14.8 Å². The van der Waals surface area contributed by atoms with E-state index in [1.54, 1.807) is 7.11 Å². The minimum atomic E-state index is -3.71. The molecule has 6 nitrogen and oxygen atoms in total. The fraction of sp³-hybridized carbons (Fsp3) is 0.316. The average molecular weight is 375 g/mol. The van der Waals surface area contributed by atoms with Crippen molar-refractivity contribution >= 4 is 16.0 Å². The van der Waals surface area contributed by atoms with Crippen LogP contribution in [0.15, 0.2) is 53.4 Å². The lowest BCUT2D eigenvalue weighted by Gasteiger charge is -2.19. The Bertz CT molecular complexity index is 871. The van der Waals surface area contributed by atoms with E-state index >= 15 is 0 Å². The number of sulfonamides is 1. The number of benzene rings is 2. The van der Waals surface area contributed by atoms with Gasteiger partial charge in [-0.1, -0.05) is 12.1 Å². The molecule has 7 heteroatoms. The van der Waals surface area contributed by atoms with E-state index in [0.717, 1.165) is 24.2 Å². The van der Waals surface area contributed by atoms with E-state index in [0.29, 0.717) is 5.56 Å². The standard InChI is InChI=1S/C19H21NO5S/c1-24-16-9-5-14(6-10-16)18(13-3-4-13)20-26(22,23)17-11-7-15(8-12-17)19(21)25-2/h5-13,18,20H,3-4H2,1-2H3. The highest BCUT2D eigenvalue weighted by atomic mass is 32.2. The molecule has 0 heterocycles. The van der Waals surface area contributed by atoms with Crippen molar-refractivity contribution in [2.45, 2.75) is 23.8 Å². The first-order chi connectivity index (χ1) is 12.4. The van der Waals surface area contributed by atoms with Gasteiger partial charge in [0, 0.05) is 6.04 Å². The summed E-state index contributed by atoms with van der Waals surface area (Å²) in [7, 11) is -0.838. The Morgan fingerprint density at radius 3 is 2.15 bits per heavy atom. The lowest BCUT2D eigenvalue weighted by molar-refractivity contribution is 0.0600. The van der Waals surface area contributed by atoms with E-state index in [4.69, 9.17) is 4.74 Å². The van der Waals surface area contributed by atoms with Gasteiger partial charge in [-0.3, -0.25) is 0 Å². The van der Waals surface area contributed by atoms with E-state index in [1.807, 2.05) is 24.3 Å². The number of rotatable bonds is 7. The Hall–Kier alpha value is -2.38. The Morgan fingerprint density at radius 1 is 1.04 bits per heavy atom. The molecule has 2 aromatic rings. The number of carbonyl (C=O) groups is 1. The minimum Gasteiger partial charge on any atom is -0.497 e. The number of carbonyl (C=O) groups excluding carboxylic acids is 1.